The Bertz CT molecular complexity index is 1000. The maximum atomic E-state index is 12.6. The molecule has 1 amide bonds. The van der Waals surface area contributed by atoms with E-state index in [-0.39, 0.29) is 17.0 Å². The van der Waals surface area contributed by atoms with Crippen molar-refractivity contribution in [3.05, 3.63) is 70.1 Å². The van der Waals surface area contributed by atoms with Gasteiger partial charge < -0.3 is 5.32 Å². The topological polar surface area (TPSA) is 81.1 Å². The van der Waals surface area contributed by atoms with Crippen molar-refractivity contribution in [2.24, 2.45) is 7.05 Å². The van der Waals surface area contributed by atoms with Gasteiger partial charge >= 0.3 is 0 Å². The Morgan fingerprint density at radius 2 is 1.62 bits per heavy atom. The number of aryl methyl sites for hydroxylation is 1. The fourth-order valence-corrected chi connectivity index (χ4v) is 2.45. The number of amides is 1. The third kappa shape index (κ3) is 2.81. The summed E-state index contributed by atoms with van der Waals surface area (Å²) in [6.07, 6.45) is 0. The number of ketones is 1. The molecule has 0 spiro atoms. The fraction of sp³-hybridized carbons (Fsp3) is 0.111. The number of nitrogens with zero attached hydrogens (tertiary/aromatic N) is 2. The van der Waals surface area contributed by atoms with Crippen molar-refractivity contribution in [2.45, 2.75) is 6.92 Å². The van der Waals surface area contributed by atoms with E-state index in [0.717, 1.165) is 4.68 Å². The minimum Gasteiger partial charge on any atom is -0.321 e. The maximum Gasteiger partial charge on any atom is 0.276 e. The van der Waals surface area contributed by atoms with Crippen molar-refractivity contribution < 1.29 is 9.59 Å². The first-order valence-electron chi connectivity index (χ1n) is 7.36. The van der Waals surface area contributed by atoms with Crippen LogP contribution < -0.4 is 10.9 Å². The van der Waals surface area contributed by atoms with E-state index in [4.69, 9.17) is 0 Å². The molecule has 0 unspecified atom stereocenters. The SMILES string of the molecule is CC(=O)c1ccc(NC(=O)c2nn(C)c(=O)c3ccccc23)cc1. The highest BCUT2D eigenvalue weighted by Gasteiger charge is 2.15. The molecule has 6 nitrogen and oxygen atoms in total. The first-order chi connectivity index (χ1) is 11.5. The molecule has 0 fully saturated rings. The summed E-state index contributed by atoms with van der Waals surface area (Å²) < 4.78 is 1.15. The molecule has 0 aliphatic rings. The molecule has 0 saturated heterocycles. The zero-order valence-corrected chi connectivity index (χ0v) is 13.2. The Kier molecular flexibility index (Phi) is 3.95. The standard InChI is InChI=1S/C18H15N3O3/c1-11(22)12-7-9-13(10-8-12)19-17(23)16-14-5-3-4-6-15(14)18(24)21(2)20-16/h3-10H,1-2H3,(H,19,23). The van der Waals surface area contributed by atoms with Gasteiger partial charge in [0.2, 0.25) is 0 Å². The number of nitrogens with one attached hydrogen (secondary N) is 1. The van der Waals surface area contributed by atoms with Crippen LogP contribution >= 0.6 is 0 Å². The highest BCUT2D eigenvalue weighted by molar-refractivity contribution is 6.11. The average Bonchev–Trinajstić information content (AvgIpc) is 2.58. The lowest BCUT2D eigenvalue weighted by Gasteiger charge is -2.09. The van der Waals surface area contributed by atoms with Crippen LogP contribution in [0.2, 0.25) is 0 Å². The summed E-state index contributed by atoms with van der Waals surface area (Å²) in [6.45, 7) is 1.48. The summed E-state index contributed by atoms with van der Waals surface area (Å²) in [4.78, 5) is 35.9. The van der Waals surface area contributed by atoms with Crippen LogP contribution in [0.5, 0.6) is 0 Å². The van der Waals surface area contributed by atoms with E-state index in [9.17, 15) is 14.4 Å². The van der Waals surface area contributed by atoms with E-state index < -0.39 is 5.91 Å². The van der Waals surface area contributed by atoms with Crippen LogP contribution in [0.4, 0.5) is 5.69 Å². The number of carbonyl (C=O) groups is 2. The van der Waals surface area contributed by atoms with Crippen molar-refractivity contribution >= 4 is 28.2 Å². The van der Waals surface area contributed by atoms with Crippen molar-refractivity contribution in [1.82, 2.24) is 9.78 Å². The summed E-state index contributed by atoms with van der Waals surface area (Å²) in [5.41, 5.74) is 1.03. The van der Waals surface area contributed by atoms with Gasteiger partial charge in [0, 0.05) is 23.7 Å². The molecule has 2 aromatic carbocycles. The van der Waals surface area contributed by atoms with Gasteiger partial charge in [0.1, 0.15) is 0 Å². The van der Waals surface area contributed by atoms with Crippen molar-refractivity contribution in [1.29, 1.82) is 0 Å². The van der Waals surface area contributed by atoms with Crippen molar-refractivity contribution in [3.8, 4) is 0 Å². The highest BCUT2D eigenvalue weighted by Crippen LogP contribution is 2.16. The molecule has 120 valence electrons. The maximum absolute atomic E-state index is 12.6. The molecule has 1 aromatic heterocycles. The fourth-order valence-electron chi connectivity index (χ4n) is 2.45. The molecular weight excluding hydrogens is 306 g/mol. The summed E-state index contributed by atoms with van der Waals surface area (Å²) in [5, 5.41) is 7.75. The number of hydrogen-bond acceptors (Lipinski definition) is 4. The number of rotatable bonds is 3. The Balaban J connectivity index is 1.98. The van der Waals surface area contributed by atoms with Gasteiger partial charge in [-0.15, -0.1) is 0 Å². The second-order valence-electron chi connectivity index (χ2n) is 5.41. The number of hydrogen-bond donors (Lipinski definition) is 1. The van der Waals surface area contributed by atoms with Gasteiger partial charge in [-0.05, 0) is 37.3 Å². The second-order valence-corrected chi connectivity index (χ2v) is 5.41. The molecule has 24 heavy (non-hydrogen) atoms. The third-order valence-corrected chi connectivity index (χ3v) is 3.72. The number of anilines is 1. The first-order valence-corrected chi connectivity index (χ1v) is 7.36. The molecule has 1 heterocycles. The second kappa shape index (κ2) is 6.08. The van der Waals surface area contributed by atoms with Gasteiger partial charge in [0.25, 0.3) is 11.5 Å². The van der Waals surface area contributed by atoms with Gasteiger partial charge in [-0.3, -0.25) is 14.4 Å². The van der Waals surface area contributed by atoms with Gasteiger partial charge in [-0.1, -0.05) is 18.2 Å². The van der Waals surface area contributed by atoms with E-state index in [1.165, 1.54) is 14.0 Å². The molecule has 0 aliphatic heterocycles. The molecule has 0 atom stereocenters. The monoisotopic (exact) mass is 321 g/mol. The molecule has 3 aromatic rings. The summed E-state index contributed by atoms with van der Waals surface area (Å²) in [5.74, 6) is -0.462. The van der Waals surface area contributed by atoms with Crippen LogP contribution in [-0.2, 0) is 7.05 Å². The molecule has 1 N–H and O–H groups in total. The Morgan fingerprint density at radius 3 is 2.25 bits per heavy atom. The minimum absolute atomic E-state index is 0.0430. The largest absolute Gasteiger partial charge is 0.321 e. The van der Waals surface area contributed by atoms with Gasteiger partial charge in [-0.25, -0.2) is 4.68 Å². The van der Waals surface area contributed by atoms with Gasteiger partial charge in [0.05, 0.1) is 5.39 Å². The number of carbonyl (C=O) groups excluding carboxylic acids is 2. The van der Waals surface area contributed by atoms with Gasteiger partial charge in [0.15, 0.2) is 11.5 Å². The quantitative estimate of drug-likeness (QED) is 0.751. The zero-order valence-electron chi connectivity index (χ0n) is 13.2. The van der Waals surface area contributed by atoms with Gasteiger partial charge in [-0.2, -0.15) is 5.10 Å². The number of aromatic nitrogens is 2. The van der Waals surface area contributed by atoms with Crippen LogP contribution in [0, 0.1) is 0 Å². The normalized spacial score (nSPS) is 10.6. The lowest BCUT2D eigenvalue weighted by molar-refractivity contribution is 0.101. The summed E-state index contributed by atoms with van der Waals surface area (Å²) in [7, 11) is 1.51. The van der Waals surface area contributed by atoms with Crippen LogP contribution in [0.1, 0.15) is 27.8 Å². The molecular formula is C18H15N3O3. The lowest BCUT2D eigenvalue weighted by Crippen LogP contribution is -2.25. The van der Waals surface area contributed by atoms with Crippen LogP contribution in [-0.4, -0.2) is 21.5 Å². The molecule has 0 aliphatic carbocycles. The van der Waals surface area contributed by atoms with Crippen LogP contribution in [0.3, 0.4) is 0 Å². The smallest absolute Gasteiger partial charge is 0.276 e. The number of fused-ring (bicyclic) bond motifs is 1. The highest BCUT2D eigenvalue weighted by atomic mass is 16.2. The Morgan fingerprint density at radius 1 is 1.00 bits per heavy atom. The molecule has 6 heteroatoms. The number of Topliss-reactive ketones (excluding diaryl/α,β-unsaturated/α-hetero) is 1. The van der Waals surface area contributed by atoms with Crippen LogP contribution in [0.25, 0.3) is 10.8 Å². The van der Waals surface area contributed by atoms with E-state index in [1.54, 1.807) is 48.5 Å². The predicted molar refractivity (Wildman–Crippen MR) is 91.4 cm³/mol. The summed E-state index contributed by atoms with van der Waals surface area (Å²) >= 11 is 0. The molecule has 0 saturated carbocycles. The number of benzene rings is 2. The summed E-state index contributed by atoms with van der Waals surface area (Å²) in [6, 6.07) is 13.4. The van der Waals surface area contributed by atoms with Crippen molar-refractivity contribution in [2.75, 3.05) is 5.32 Å². The van der Waals surface area contributed by atoms with E-state index in [0.29, 0.717) is 22.0 Å². The molecule has 3 rings (SSSR count). The first kappa shape index (κ1) is 15.6. The third-order valence-electron chi connectivity index (χ3n) is 3.72. The zero-order chi connectivity index (χ0) is 17.3. The predicted octanol–water partition coefficient (Wildman–Crippen LogP) is 2.39. The Labute approximate surface area is 137 Å². The molecule has 0 bridgehead atoms. The van der Waals surface area contributed by atoms with E-state index in [2.05, 4.69) is 10.4 Å². The average molecular weight is 321 g/mol. The van der Waals surface area contributed by atoms with Crippen molar-refractivity contribution in [3.63, 3.8) is 0 Å². The lowest BCUT2D eigenvalue weighted by atomic mass is 10.1. The Hall–Kier alpha value is -3.28. The van der Waals surface area contributed by atoms with E-state index in [1.807, 2.05) is 0 Å². The molecule has 0 radical (unpaired) electrons. The minimum atomic E-state index is -0.419. The van der Waals surface area contributed by atoms with Crippen LogP contribution in [0.15, 0.2) is 53.3 Å². The van der Waals surface area contributed by atoms with E-state index >= 15 is 0 Å².